The first-order valence-electron chi connectivity index (χ1n) is 7.74. The van der Waals surface area contributed by atoms with E-state index in [0.29, 0.717) is 0 Å². The van der Waals surface area contributed by atoms with Gasteiger partial charge in [-0.1, -0.05) is 66.2 Å². The summed E-state index contributed by atoms with van der Waals surface area (Å²) in [6, 6.07) is 19.1. The lowest BCUT2D eigenvalue weighted by Crippen LogP contribution is -1.98. The number of pyridine rings is 1. The van der Waals surface area contributed by atoms with Gasteiger partial charge < -0.3 is 0 Å². The van der Waals surface area contributed by atoms with E-state index >= 15 is 0 Å². The highest BCUT2D eigenvalue weighted by Gasteiger charge is 2.12. The Bertz CT molecular complexity index is 825. The van der Waals surface area contributed by atoms with Crippen LogP contribution < -0.4 is 0 Å². The highest BCUT2D eigenvalue weighted by atomic mass is 14.7. The summed E-state index contributed by atoms with van der Waals surface area (Å²) in [5.74, 6) is 0. The summed E-state index contributed by atoms with van der Waals surface area (Å²) < 4.78 is 0. The zero-order valence-electron chi connectivity index (χ0n) is 13.4. The standard InChI is InChI=1S/C21H21N/c1-15(2)13-14-20-19-12-8-7-11-18(19)16(3)22-21(20)17-9-5-4-6-10-17/h4-13H,14H2,1-3H3. The van der Waals surface area contributed by atoms with Crippen LogP contribution in [0.2, 0.25) is 0 Å². The van der Waals surface area contributed by atoms with Gasteiger partial charge in [0.15, 0.2) is 0 Å². The number of hydrogen-bond donors (Lipinski definition) is 0. The van der Waals surface area contributed by atoms with E-state index < -0.39 is 0 Å². The predicted molar refractivity (Wildman–Crippen MR) is 95.1 cm³/mol. The second-order valence-electron chi connectivity index (χ2n) is 5.92. The summed E-state index contributed by atoms with van der Waals surface area (Å²) in [5.41, 5.74) is 6.04. The van der Waals surface area contributed by atoms with Gasteiger partial charge in [0.2, 0.25) is 0 Å². The van der Waals surface area contributed by atoms with Gasteiger partial charge in [-0.2, -0.15) is 0 Å². The molecule has 110 valence electrons. The van der Waals surface area contributed by atoms with Crippen molar-refractivity contribution in [3.63, 3.8) is 0 Å². The molecule has 0 N–H and O–H groups in total. The van der Waals surface area contributed by atoms with Crippen LogP contribution >= 0.6 is 0 Å². The van der Waals surface area contributed by atoms with E-state index in [4.69, 9.17) is 4.98 Å². The highest BCUT2D eigenvalue weighted by molar-refractivity contribution is 5.92. The van der Waals surface area contributed by atoms with E-state index in [0.717, 1.165) is 17.8 Å². The molecule has 0 aliphatic heterocycles. The molecular weight excluding hydrogens is 266 g/mol. The SMILES string of the molecule is CC(C)=CCc1c(-c2ccccc2)nc(C)c2ccccc12. The van der Waals surface area contributed by atoms with Crippen molar-refractivity contribution < 1.29 is 0 Å². The molecule has 0 amide bonds. The topological polar surface area (TPSA) is 12.9 Å². The molecule has 1 heteroatoms. The van der Waals surface area contributed by atoms with Gasteiger partial charge in [0.25, 0.3) is 0 Å². The minimum absolute atomic E-state index is 0.917. The average Bonchev–Trinajstić information content (AvgIpc) is 2.54. The van der Waals surface area contributed by atoms with E-state index in [1.807, 2.05) is 6.07 Å². The molecule has 2 aromatic carbocycles. The fraction of sp³-hybridized carbons (Fsp3) is 0.190. The van der Waals surface area contributed by atoms with Crippen LogP contribution in [-0.2, 0) is 6.42 Å². The highest BCUT2D eigenvalue weighted by Crippen LogP contribution is 2.31. The van der Waals surface area contributed by atoms with Crippen molar-refractivity contribution in [1.82, 2.24) is 4.98 Å². The fourth-order valence-corrected chi connectivity index (χ4v) is 2.83. The molecule has 1 nitrogen and oxygen atoms in total. The zero-order chi connectivity index (χ0) is 15.5. The summed E-state index contributed by atoms with van der Waals surface area (Å²) in [6.07, 6.45) is 3.20. The molecule has 22 heavy (non-hydrogen) atoms. The van der Waals surface area contributed by atoms with Crippen molar-refractivity contribution in [3.8, 4) is 11.3 Å². The van der Waals surface area contributed by atoms with Crippen LogP contribution in [0.1, 0.15) is 25.1 Å². The second-order valence-corrected chi connectivity index (χ2v) is 5.92. The van der Waals surface area contributed by atoms with Gasteiger partial charge in [0.05, 0.1) is 5.69 Å². The number of benzene rings is 2. The number of allylic oxidation sites excluding steroid dienone is 2. The molecule has 0 aliphatic carbocycles. The lowest BCUT2D eigenvalue weighted by atomic mass is 9.95. The molecule has 0 saturated carbocycles. The summed E-state index contributed by atoms with van der Waals surface area (Å²) >= 11 is 0. The monoisotopic (exact) mass is 287 g/mol. The normalized spacial score (nSPS) is 10.7. The molecule has 0 bridgehead atoms. The van der Waals surface area contributed by atoms with Gasteiger partial charge in [0.1, 0.15) is 0 Å². The summed E-state index contributed by atoms with van der Waals surface area (Å²) in [5, 5.41) is 2.56. The Morgan fingerprint density at radius 3 is 2.23 bits per heavy atom. The molecule has 1 heterocycles. The second kappa shape index (κ2) is 6.15. The molecule has 0 spiro atoms. The van der Waals surface area contributed by atoms with Crippen LogP contribution in [0.15, 0.2) is 66.2 Å². The lowest BCUT2D eigenvalue weighted by Gasteiger charge is -2.14. The van der Waals surface area contributed by atoms with Crippen molar-refractivity contribution in [2.75, 3.05) is 0 Å². The smallest absolute Gasteiger partial charge is 0.0746 e. The molecule has 0 aliphatic rings. The molecule has 0 fully saturated rings. The molecule has 1 aromatic heterocycles. The summed E-state index contributed by atoms with van der Waals surface area (Å²) in [4.78, 5) is 4.92. The zero-order valence-corrected chi connectivity index (χ0v) is 13.4. The van der Waals surface area contributed by atoms with E-state index in [-0.39, 0.29) is 0 Å². The van der Waals surface area contributed by atoms with Crippen LogP contribution in [0, 0.1) is 6.92 Å². The molecule has 0 saturated heterocycles. The predicted octanol–water partition coefficient (Wildman–Crippen LogP) is 5.72. The van der Waals surface area contributed by atoms with Crippen LogP contribution in [0.25, 0.3) is 22.0 Å². The Kier molecular flexibility index (Phi) is 4.06. The Balaban J connectivity index is 2.30. The summed E-state index contributed by atoms with van der Waals surface area (Å²) in [6.45, 7) is 6.39. The van der Waals surface area contributed by atoms with Crippen molar-refractivity contribution in [3.05, 3.63) is 77.5 Å². The summed E-state index contributed by atoms with van der Waals surface area (Å²) in [7, 11) is 0. The largest absolute Gasteiger partial charge is 0.252 e. The first-order valence-corrected chi connectivity index (χ1v) is 7.74. The first-order chi connectivity index (χ1) is 10.7. The van der Waals surface area contributed by atoms with Crippen molar-refractivity contribution >= 4 is 10.8 Å². The van der Waals surface area contributed by atoms with Gasteiger partial charge in [-0.15, -0.1) is 0 Å². The maximum Gasteiger partial charge on any atom is 0.0746 e. The quantitative estimate of drug-likeness (QED) is 0.561. The van der Waals surface area contributed by atoms with Crippen LogP contribution in [0.3, 0.4) is 0 Å². The Morgan fingerprint density at radius 1 is 0.909 bits per heavy atom. The van der Waals surface area contributed by atoms with Gasteiger partial charge in [-0.25, -0.2) is 0 Å². The Hall–Kier alpha value is -2.41. The number of nitrogens with zero attached hydrogens (tertiary/aromatic N) is 1. The molecular formula is C21H21N. The van der Waals surface area contributed by atoms with Crippen LogP contribution in [0.5, 0.6) is 0 Å². The maximum absolute atomic E-state index is 4.92. The minimum atomic E-state index is 0.917. The number of hydrogen-bond acceptors (Lipinski definition) is 1. The van der Waals surface area contributed by atoms with Crippen molar-refractivity contribution in [2.24, 2.45) is 0 Å². The lowest BCUT2D eigenvalue weighted by molar-refractivity contribution is 1.16. The molecule has 0 atom stereocenters. The van der Waals surface area contributed by atoms with Crippen molar-refractivity contribution in [1.29, 1.82) is 0 Å². The third-order valence-electron chi connectivity index (χ3n) is 3.97. The number of aromatic nitrogens is 1. The Morgan fingerprint density at radius 2 is 1.55 bits per heavy atom. The molecule has 0 radical (unpaired) electrons. The molecule has 0 unspecified atom stereocenters. The fourth-order valence-electron chi connectivity index (χ4n) is 2.83. The average molecular weight is 287 g/mol. The molecule has 3 aromatic rings. The van der Waals surface area contributed by atoms with Crippen LogP contribution in [0.4, 0.5) is 0 Å². The van der Waals surface area contributed by atoms with E-state index in [2.05, 4.69) is 75.4 Å². The third-order valence-corrected chi connectivity index (χ3v) is 3.97. The van der Waals surface area contributed by atoms with Crippen molar-refractivity contribution in [2.45, 2.75) is 27.2 Å². The maximum atomic E-state index is 4.92. The molecule has 3 rings (SSSR count). The number of fused-ring (bicyclic) bond motifs is 1. The van der Waals surface area contributed by atoms with Crippen LogP contribution in [-0.4, -0.2) is 4.98 Å². The first kappa shape index (κ1) is 14.5. The third kappa shape index (κ3) is 2.80. The van der Waals surface area contributed by atoms with E-state index in [9.17, 15) is 0 Å². The Labute approximate surface area is 132 Å². The van der Waals surface area contributed by atoms with E-state index in [1.165, 1.54) is 27.5 Å². The van der Waals surface area contributed by atoms with Gasteiger partial charge >= 0.3 is 0 Å². The van der Waals surface area contributed by atoms with Gasteiger partial charge in [-0.3, -0.25) is 4.98 Å². The van der Waals surface area contributed by atoms with E-state index in [1.54, 1.807) is 0 Å². The van der Waals surface area contributed by atoms with Gasteiger partial charge in [-0.05, 0) is 38.1 Å². The number of aryl methyl sites for hydroxylation is 1. The number of rotatable bonds is 3. The minimum Gasteiger partial charge on any atom is -0.252 e. The van der Waals surface area contributed by atoms with Gasteiger partial charge in [0, 0.05) is 16.6 Å².